The van der Waals surface area contributed by atoms with Gasteiger partial charge in [0, 0.05) is 10.3 Å². The first-order chi connectivity index (χ1) is 11.3. The van der Waals surface area contributed by atoms with Crippen LogP contribution in [-0.4, -0.2) is 30.2 Å². The van der Waals surface area contributed by atoms with E-state index in [0.29, 0.717) is 27.6 Å². The molecule has 0 N–H and O–H groups in total. The fraction of sp³-hybridized carbons (Fsp3) is 0.0714. The molecular formula is C14H9FN6S2. The Bertz CT molecular complexity index is 953. The molecule has 0 aliphatic heterocycles. The molecular weight excluding hydrogens is 335 g/mol. The molecule has 0 bridgehead atoms. The second-order valence-corrected chi connectivity index (χ2v) is 6.60. The summed E-state index contributed by atoms with van der Waals surface area (Å²) in [5, 5.41) is 15.6. The van der Waals surface area contributed by atoms with Crippen LogP contribution in [0.5, 0.6) is 0 Å². The highest BCUT2D eigenvalue weighted by Gasteiger charge is 2.14. The van der Waals surface area contributed by atoms with E-state index in [4.69, 9.17) is 0 Å². The van der Waals surface area contributed by atoms with Gasteiger partial charge in [-0.3, -0.25) is 0 Å². The van der Waals surface area contributed by atoms with Gasteiger partial charge < -0.3 is 0 Å². The second-order valence-electron chi connectivity index (χ2n) is 4.62. The third-order valence-electron chi connectivity index (χ3n) is 3.15. The third kappa shape index (κ3) is 2.80. The lowest BCUT2D eigenvalue weighted by Crippen LogP contribution is -2.02. The Balaban J connectivity index is 1.69. The quantitative estimate of drug-likeness (QED) is 0.530. The van der Waals surface area contributed by atoms with Gasteiger partial charge >= 0.3 is 0 Å². The Morgan fingerprint density at radius 2 is 2.13 bits per heavy atom. The normalized spacial score (nSPS) is 11.2. The summed E-state index contributed by atoms with van der Waals surface area (Å²) in [5.74, 6) is -0.370. The molecule has 6 nitrogen and oxygen atoms in total. The molecule has 0 spiro atoms. The monoisotopic (exact) mass is 344 g/mol. The van der Waals surface area contributed by atoms with E-state index in [2.05, 4.69) is 25.5 Å². The van der Waals surface area contributed by atoms with E-state index in [0.717, 1.165) is 4.88 Å². The molecule has 0 aliphatic rings. The van der Waals surface area contributed by atoms with E-state index in [-0.39, 0.29) is 5.82 Å². The second kappa shape index (κ2) is 6.01. The number of rotatable bonds is 4. The molecule has 4 aromatic rings. The molecule has 0 saturated carbocycles. The Hall–Kier alpha value is -2.39. The fourth-order valence-electron chi connectivity index (χ4n) is 2.11. The van der Waals surface area contributed by atoms with E-state index < -0.39 is 0 Å². The fourth-order valence-corrected chi connectivity index (χ4v) is 3.63. The Morgan fingerprint density at radius 3 is 3.00 bits per heavy atom. The summed E-state index contributed by atoms with van der Waals surface area (Å²) in [5.41, 5.74) is 0.294. The van der Waals surface area contributed by atoms with Crippen molar-refractivity contribution >= 4 is 34.0 Å². The number of aromatic nitrogens is 6. The topological polar surface area (TPSA) is 69.4 Å². The number of halogens is 1. The summed E-state index contributed by atoms with van der Waals surface area (Å²) in [6.45, 7) is 0.588. The number of hydrogen-bond donors (Lipinski definition) is 0. The highest BCUT2D eigenvalue weighted by atomic mass is 32.2. The van der Waals surface area contributed by atoms with Gasteiger partial charge in [0.1, 0.15) is 22.7 Å². The first-order valence-electron chi connectivity index (χ1n) is 6.67. The molecule has 1 aromatic carbocycles. The minimum atomic E-state index is -0.370. The molecule has 3 aromatic heterocycles. The largest absolute Gasteiger partial charge is 0.233 e. The maximum Gasteiger partial charge on any atom is 0.215 e. The summed E-state index contributed by atoms with van der Waals surface area (Å²) in [6, 6.07) is 8.81. The lowest BCUT2D eigenvalue weighted by molar-refractivity contribution is 0.608. The molecule has 0 radical (unpaired) electrons. The van der Waals surface area contributed by atoms with Crippen molar-refractivity contribution < 1.29 is 4.39 Å². The number of thiophene rings is 1. The zero-order valence-electron chi connectivity index (χ0n) is 11.6. The van der Waals surface area contributed by atoms with Gasteiger partial charge in [-0.25, -0.2) is 19.0 Å². The minimum Gasteiger partial charge on any atom is -0.233 e. The van der Waals surface area contributed by atoms with Gasteiger partial charge in [-0.1, -0.05) is 12.1 Å². The molecule has 0 amide bonds. The summed E-state index contributed by atoms with van der Waals surface area (Å²) in [7, 11) is 0. The highest BCUT2D eigenvalue weighted by molar-refractivity contribution is 7.99. The van der Waals surface area contributed by atoms with E-state index in [1.54, 1.807) is 28.2 Å². The number of fused-ring (bicyclic) bond motifs is 1. The zero-order chi connectivity index (χ0) is 15.6. The van der Waals surface area contributed by atoms with Crippen LogP contribution in [0, 0.1) is 5.82 Å². The lowest BCUT2D eigenvalue weighted by Gasteiger charge is -2.05. The first-order valence-corrected chi connectivity index (χ1v) is 8.36. The van der Waals surface area contributed by atoms with Crippen LogP contribution in [-0.2, 0) is 6.54 Å². The standard InChI is InChI=1S/C14H9FN6S2/c15-11-5-1-4-10-12(11)16-8-17-13(10)23-14-18-19-20-21(14)7-9-3-2-6-22-9/h1-6,8H,7H2. The van der Waals surface area contributed by atoms with Crippen molar-refractivity contribution in [2.24, 2.45) is 0 Å². The molecule has 3 heterocycles. The van der Waals surface area contributed by atoms with E-state index in [1.807, 2.05) is 17.5 Å². The minimum absolute atomic E-state index is 0.294. The van der Waals surface area contributed by atoms with Crippen molar-refractivity contribution in [3.8, 4) is 0 Å². The first kappa shape index (κ1) is 14.2. The SMILES string of the molecule is Fc1cccc2c(Sc3nnnn3Cc3cccs3)ncnc12. The molecule has 114 valence electrons. The van der Waals surface area contributed by atoms with Gasteiger partial charge in [0.15, 0.2) is 0 Å². The molecule has 0 fully saturated rings. The van der Waals surface area contributed by atoms with Crippen LogP contribution in [0.25, 0.3) is 10.9 Å². The van der Waals surface area contributed by atoms with Gasteiger partial charge in [0.05, 0.1) is 6.54 Å². The average Bonchev–Trinajstić information content (AvgIpc) is 3.22. The van der Waals surface area contributed by atoms with Crippen LogP contribution in [0.2, 0.25) is 0 Å². The molecule has 0 unspecified atom stereocenters. The Morgan fingerprint density at radius 1 is 1.17 bits per heavy atom. The van der Waals surface area contributed by atoms with E-state index >= 15 is 0 Å². The maximum absolute atomic E-state index is 13.8. The summed E-state index contributed by atoms with van der Waals surface area (Å²) in [4.78, 5) is 9.39. The van der Waals surface area contributed by atoms with Crippen molar-refractivity contribution in [3.05, 3.63) is 52.7 Å². The summed E-state index contributed by atoms with van der Waals surface area (Å²) >= 11 is 2.93. The number of hydrogen-bond acceptors (Lipinski definition) is 7. The molecule has 0 atom stereocenters. The Labute approximate surface area is 138 Å². The molecule has 9 heteroatoms. The predicted octanol–water partition coefficient (Wildman–Crippen LogP) is 3.02. The number of tetrazole rings is 1. The van der Waals surface area contributed by atoms with Gasteiger partial charge in [-0.15, -0.1) is 16.4 Å². The lowest BCUT2D eigenvalue weighted by atomic mass is 10.2. The zero-order valence-corrected chi connectivity index (χ0v) is 13.3. The van der Waals surface area contributed by atoms with Gasteiger partial charge in [0.25, 0.3) is 0 Å². The van der Waals surface area contributed by atoms with Gasteiger partial charge in [0.2, 0.25) is 5.16 Å². The van der Waals surface area contributed by atoms with Crippen molar-refractivity contribution in [3.63, 3.8) is 0 Å². The van der Waals surface area contributed by atoms with E-state index in [1.165, 1.54) is 24.2 Å². The Kier molecular flexibility index (Phi) is 3.72. The van der Waals surface area contributed by atoms with Crippen LogP contribution in [0.15, 0.2) is 52.2 Å². The van der Waals surface area contributed by atoms with Gasteiger partial charge in [-0.05, 0) is 45.8 Å². The van der Waals surface area contributed by atoms with Crippen LogP contribution < -0.4 is 0 Å². The van der Waals surface area contributed by atoms with Crippen molar-refractivity contribution in [2.75, 3.05) is 0 Å². The number of para-hydroxylation sites is 1. The third-order valence-corrected chi connectivity index (χ3v) is 5.01. The maximum atomic E-state index is 13.8. The van der Waals surface area contributed by atoms with E-state index in [9.17, 15) is 4.39 Å². The van der Waals surface area contributed by atoms with Gasteiger partial charge in [-0.2, -0.15) is 0 Å². The molecule has 23 heavy (non-hydrogen) atoms. The smallest absolute Gasteiger partial charge is 0.215 e. The summed E-state index contributed by atoms with van der Waals surface area (Å²) < 4.78 is 15.5. The number of nitrogens with zero attached hydrogens (tertiary/aromatic N) is 6. The number of benzene rings is 1. The highest BCUT2D eigenvalue weighted by Crippen LogP contribution is 2.30. The predicted molar refractivity (Wildman–Crippen MR) is 84.9 cm³/mol. The van der Waals surface area contributed by atoms with Crippen LogP contribution in [0.4, 0.5) is 4.39 Å². The molecule has 0 aliphatic carbocycles. The molecule has 4 rings (SSSR count). The van der Waals surface area contributed by atoms with Crippen LogP contribution in [0.3, 0.4) is 0 Å². The van der Waals surface area contributed by atoms with Crippen molar-refractivity contribution in [1.82, 2.24) is 30.2 Å². The van der Waals surface area contributed by atoms with Crippen molar-refractivity contribution in [1.29, 1.82) is 0 Å². The molecule has 0 saturated heterocycles. The average molecular weight is 344 g/mol. The van der Waals surface area contributed by atoms with Crippen LogP contribution >= 0.6 is 23.1 Å². The van der Waals surface area contributed by atoms with Crippen molar-refractivity contribution in [2.45, 2.75) is 16.7 Å². The van der Waals surface area contributed by atoms with Crippen LogP contribution in [0.1, 0.15) is 4.88 Å². The summed E-state index contributed by atoms with van der Waals surface area (Å²) in [6.07, 6.45) is 1.35.